The quantitative estimate of drug-likeness (QED) is 0.297. The van der Waals surface area contributed by atoms with Gasteiger partial charge in [0.1, 0.15) is 12.3 Å². The highest BCUT2D eigenvalue weighted by molar-refractivity contribution is 14.0. The summed E-state index contributed by atoms with van der Waals surface area (Å²) in [7, 11) is 5.20. The third-order valence-corrected chi connectivity index (χ3v) is 6.01. The summed E-state index contributed by atoms with van der Waals surface area (Å²) < 4.78 is 5.51. The molecule has 9 heteroatoms. The first-order valence-corrected chi connectivity index (χ1v) is 11.1. The van der Waals surface area contributed by atoms with Gasteiger partial charge in [-0.3, -0.25) is 4.79 Å². The number of hydrogen-bond acceptors (Lipinski definition) is 5. The maximum Gasteiger partial charge on any atom is 0.243 e. The van der Waals surface area contributed by atoms with E-state index < -0.39 is 0 Å². The second-order valence-electron chi connectivity index (χ2n) is 7.46. The third kappa shape index (κ3) is 7.57. The van der Waals surface area contributed by atoms with Crippen LogP contribution in [0.25, 0.3) is 0 Å². The van der Waals surface area contributed by atoms with Crippen LogP contribution in [0.3, 0.4) is 0 Å². The first-order chi connectivity index (χ1) is 14.6. The minimum Gasteiger partial charge on any atom is -0.495 e. The summed E-state index contributed by atoms with van der Waals surface area (Å²) in [6.45, 7) is 2.69. The van der Waals surface area contributed by atoms with Crippen LogP contribution in [0.15, 0.2) is 46.8 Å². The van der Waals surface area contributed by atoms with Gasteiger partial charge in [0.05, 0.1) is 12.8 Å². The number of amides is 1. The molecule has 7 nitrogen and oxygen atoms in total. The highest BCUT2D eigenvalue weighted by Crippen LogP contribution is 2.30. The number of nitrogens with one attached hydrogen (secondary N) is 2. The molecule has 2 aromatic rings. The summed E-state index contributed by atoms with van der Waals surface area (Å²) in [4.78, 5) is 21.7. The van der Waals surface area contributed by atoms with E-state index in [9.17, 15) is 4.79 Å². The molecule has 1 aromatic carbocycles. The maximum absolute atomic E-state index is 12.0. The number of hydrogen-bond donors (Lipinski definition) is 2. The van der Waals surface area contributed by atoms with Crippen LogP contribution < -0.4 is 20.3 Å². The largest absolute Gasteiger partial charge is 0.495 e. The molecule has 170 valence electrons. The number of halogens is 1. The lowest BCUT2D eigenvalue weighted by Crippen LogP contribution is -2.45. The lowest BCUT2D eigenvalue weighted by molar-refractivity contribution is -0.127. The number of ether oxygens (including phenoxy) is 1. The van der Waals surface area contributed by atoms with Crippen molar-refractivity contribution >= 4 is 52.9 Å². The van der Waals surface area contributed by atoms with E-state index in [-0.39, 0.29) is 42.5 Å². The zero-order chi connectivity index (χ0) is 21.3. The number of anilines is 1. The predicted octanol–water partition coefficient (Wildman–Crippen LogP) is 2.82. The van der Waals surface area contributed by atoms with E-state index in [1.807, 2.05) is 18.2 Å². The maximum atomic E-state index is 12.0. The van der Waals surface area contributed by atoms with Gasteiger partial charge in [-0.1, -0.05) is 18.2 Å². The van der Waals surface area contributed by atoms with Gasteiger partial charge in [-0.05, 0) is 36.4 Å². The summed E-state index contributed by atoms with van der Waals surface area (Å²) in [5.74, 6) is 1.56. The summed E-state index contributed by atoms with van der Waals surface area (Å²) in [5.41, 5.74) is 1.11. The van der Waals surface area contributed by atoms with E-state index >= 15 is 0 Å². The van der Waals surface area contributed by atoms with Crippen molar-refractivity contribution in [1.29, 1.82) is 0 Å². The Morgan fingerprint density at radius 1 is 1.29 bits per heavy atom. The van der Waals surface area contributed by atoms with Crippen molar-refractivity contribution < 1.29 is 9.53 Å². The van der Waals surface area contributed by atoms with Crippen LogP contribution in [0, 0.1) is 0 Å². The fourth-order valence-corrected chi connectivity index (χ4v) is 4.09. The van der Waals surface area contributed by atoms with Crippen molar-refractivity contribution in [3.63, 3.8) is 0 Å². The average Bonchev–Trinajstić information content (AvgIpc) is 3.43. The van der Waals surface area contributed by atoms with E-state index in [1.54, 1.807) is 37.4 Å². The topological polar surface area (TPSA) is 69.2 Å². The second kappa shape index (κ2) is 12.7. The predicted molar refractivity (Wildman–Crippen MR) is 139 cm³/mol. The Labute approximate surface area is 205 Å². The van der Waals surface area contributed by atoms with Crippen molar-refractivity contribution in [3.05, 3.63) is 46.7 Å². The number of para-hydroxylation sites is 2. The summed E-state index contributed by atoms with van der Waals surface area (Å²) in [6, 6.07) is 12.5. The molecule has 2 heterocycles. The van der Waals surface area contributed by atoms with Gasteiger partial charge in [0, 0.05) is 44.6 Å². The van der Waals surface area contributed by atoms with Crippen molar-refractivity contribution in [2.75, 3.05) is 52.3 Å². The first kappa shape index (κ1) is 25.3. The molecular weight excluding hydrogens is 525 g/mol. The molecule has 1 fully saturated rings. The highest BCUT2D eigenvalue weighted by atomic mass is 127. The summed E-state index contributed by atoms with van der Waals surface area (Å²) in [6.07, 6.45) is 1.92. The van der Waals surface area contributed by atoms with Gasteiger partial charge in [-0.25, -0.2) is 4.99 Å². The fraction of sp³-hybridized carbons (Fsp3) is 0.455. The van der Waals surface area contributed by atoms with E-state index in [0.29, 0.717) is 5.96 Å². The van der Waals surface area contributed by atoms with Crippen molar-refractivity contribution in [3.8, 4) is 5.75 Å². The van der Waals surface area contributed by atoms with Gasteiger partial charge in [-0.2, -0.15) is 0 Å². The van der Waals surface area contributed by atoms with Crippen LogP contribution in [-0.4, -0.2) is 70.2 Å². The molecule has 2 N–H and O–H groups in total. The van der Waals surface area contributed by atoms with Gasteiger partial charge in [0.25, 0.3) is 0 Å². The Morgan fingerprint density at radius 3 is 2.81 bits per heavy atom. The fourth-order valence-electron chi connectivity index (χ4n) is 3.38. The molecule has 3 rings (SSSR count). The molecule has 1 aliphatic heterocycles. The molecule has 0 bridgehead atoms. The van der Waals surface area contributed by atoms with Crippen molar-refractivity contribution in [2.24, 2.45) is 4.99 Å². The number of likely N-dealkylation sites (N-methyl/N-ethyl adjacent to an activating group) is 1. The third-order valence-electron chi connectivity index (χ3n) is 5.07. The smallest absolute Gasteiger partial charge is 0.243 e. The number of rotatable bonds is 8. The molecule has 0 saturated carbocycles. The van der Waals surface area contributed by atoms with Crippen LogP contribution in [0.4, 0.5) is 5.69 Å². The molecule has 31 heavy (non-hydrogen) atoms. The minimum atomic E-state index is -0.0172. The summed E-state index contributed by atoms with van der Waals surface area (Å²) in [5, 5.41) is 8.99. The monoisotopic (exact) mass is 557 g/mol. The molecular formula is C22H32IN5O2S. The van der Waals surface area contributed by atoms with Gasteiger partial charge >= 0.3 is 0 Å². The first-order valence-electron chi connectivity index (χ1n) is 10.2. The van der Waals surface area contributed by atoms with E-state index in [4.69, 9.17) is 4.74 Å². The number of methoxy groups -OCH3 is 1. The number of thiophene rings is 1. The standard InChI is InChI=1S/C22H31N5O2S.HI/c1-26(2)21(28)15-24-22(23-12-10-18-7-6-14-30-18)25-17-11-13-27(16-17)19-8-4-5-9-20(19)29-3;/h4-9,14,17H,10-13,15-16H2,1-3H3,(H2,23,24,25);1H. The Balaban J connectivity index is 0.00000341. The van der Waals surface area contributed by atoms with Gasteiger partial charge in [0.15, 0.2) is 5.96 Å². The Morgan fingerprint density at radius 2 is 2.10 bits per heavy atom. The second-order valence-corrected chi connectivity index (χ2v) is 8.49. The van der Waals surface area contributed by atoms with Gasteiger partial charge in [0.2, 0.25) is 5.91 Å². The number of aliphatic imine (C=N–C) groups is 1. The lowest BCUT2D eigenvalue weighted by atomic mass is 10.2. The van der Waals surface area contributed by atoms with E-state index in [0.717, 1.165) is 43.9 Å². The molecule has 1 amide bonds. The Bertz CT molecular complexity index is 844. The zero-order valence-corrected chi connectivity index (χ0v) is 21.5. The van der Waals surface area contributed by atoms with E-state index in [1.165, 1.54) is 4.88 Å². The van der Waals surface area contributed by atoms with Crippen LogP contribution in [0.1, 0.15) is 11.3 Å². The summed E-state index contributed by atoms with van der Waals surface area (Å²) >= 11 is 1.75. The van der Waals surface area contributed by atoms with E-state index in [2.05, 4.69) is 44.1 Å². The van der Waals surface area contributed by atoms with Crippen molar-refractivity contribution in [1.82, 2.24) is 15.5 Å². The minimum absolute atomic E-state index is 0. The number of carbonyl (C=O) groups excluding carboxylic acids is 1. The highest BCUT2D eigenvalue weighted by Gasteiger charge is 2.25. The number of carbonyl (C=O) groups is 1. The SMILES string of the molecule is COc1ccccc1N1CCC(NC(=NCC(=O)N(C)C)NCCc2cccs2)C1.I. The molecule has 1 atom stereocenters. The Hall–Kier alpha value is -2.01. The molecule has 1 aliphatic rings. The molecule has 0 radical (unpaired) electrons. The van der Waals surface area contributed by atoms with Crippen LogP contribution in [0.5, 0.6) is 5.75 Å². The zero-order valence-electron chi connectivity index (χ0n) is 18.3. The van der Waals surface area contributed by atoms with Crippen LogP contribution >= 0.6 is 35.3 Å². The van der Waals surface area contributed by atoms with Crippen molar-refractivity contribution in [2.45, 2.75) is 18.9 Å². The molecule has 1 unspecified atom stereocenters. The normalized spacial score (nSPS) is 15.9. The molecule has 1 saturated heterocycles. The average molecular weight is 558 g/mol. The van der Waals surface area contributed by atoms with Crippen LogP contribution in [-0.2, 0) is 11.2 Å². The number of guanidine groups is 1. The van der Waals surface area contributed by atoms with Crippen LogP contribution in [0.2, 0.25) is 0 Å². The number of benzene rings is 1. The molecule has 0 spiro atoms. The van der Waals surface area contributed by atoms with Gasteiger partial charge in [-0.15, -0.1) is 35.3 Å². The lowest BCUT2D eigenvalue weighted by Gasteiger charge is -2.22. The van der Waals surface area contributed by atoms with Gasteiger partial charge < -0.3 is 25.2 Å². The molecule has 1 aromatic heterocycles. The number of nitrogens with zero attached hydrogens (tertiary/aromatic N) is 3. The molecule has 0 aliphatic carbocycles. The Kier molecular flexibility index (Phi) is 10.4.